The van der Waals surface area contributed by atoms with Crippen LogP contribution < -0.4 is 10.5 Å². The van der Waals surface area contributed by atoms with Crippen molar-refractivity contribution in [3.8, 4) is 16.9 Å². The molecule has 4 nitrogen and oxygen atoms in total. The maximum Gasteiger partial charge on any atom is 0.249 e. The van der Waals surface area contributed by atoms with Crippen LogP contribution in [0.2, 0.25) is 0 Å². The monoisotopic (exact) mass is 460 g/mol. The minimum atomic E-state index is -1.51. The number of ether oxygens (including phenoxy) is 1. The number of rotatable bonds is 5. The molecule has 0 unspecified atom stereocenters. The third kappa shape index (κ3) is 3.55. The zero-order valence-corrected chi connectivity index (χ0v) is 18.1. The van der Waals surface area contributed by atoms with Gasteiger partial charge in [-0.15, -0.1) is 0 Å². The van der Waals surface area contributed by atoms with Gasteiger partial charge in [-0.25, -0.2) is 13.2 Å². The van der Waals surface area contributed by atoms with Crippen LogP contribution in [0.3, 0.4) is 0 Å². The second-order valence-corrected chi connectivity index (χ2v) is 7.98. The fraction of sp³-hybridized carbons (Fsp3) is 0.0741. The van der Waals surface area contributed by atoms with Crippen molar-refractivity contribution in [3.05, 3.63) is 101 Å². The molecule has 0 aliphatic rings. The maximum absolute atomic E-state index is 13.9. The van der Waals surface area contributed by atoms with E-state index in [0.717, 1.165) is 39.9 Å². The van der Waals surface area contributed by atoms with Crippen molar-refractivity contribution >= 4 is 27.7 Å². The van der Waals surface area contributed by atoms with E-state index in [0.29, 0.717) is 16.5 Å². The molecular weight excluding hydrogens is 441 g/mol. The van der Waals surface area contributed by atoms with Crippen molar-refractivity contribution in [2.75, 3.05) is 7.11 Å². The van der Waals surface area contributed by atoms with Crippen molar-refractivity contribution < 1.29 is 22.7 Å². The van der Waals surface area contributed by atoms with E-state index in [4.69, 9.17) is 10.5 Å². The molecule has 4 aromatic carbocycles. The Kier molecular flexibility index (Phi) is 5.24. The van der Waals surface area contributed by atoms with E-state index < -0.39 is 23.4 Å². The van der Waals surface area contributed by atoms with E-state index in [1.165, 1.54) is 0 Å². The van der Waals surface area contributed by atoms with Gasteiger partial charge in [0.05, 0.1) is 18.1 Å². The molecule has 0 aliphatic carbocycles. The van der Waals surface area contributed by atoms with Crippen LogP contribution in [-0.2, 0) is 6.54 Å². The van der Waals surface area contributed by atoms with E-state index in [1.807, 2.05) is 53.1 Å². The molecule has 0 spiro atoms. The van der Waals surface area contributed by atoms with Gasteiger partial charge in [0.15, 0.2) is 17.5 Å². The summed E-state index contributed by atoms with van der Waals surface area (Å²) >= 11 is 0. The Morgan fingerprint density at radius 3 is 2.21 bits per heavy atom. The van der Waals surface area contributed by atoms with E-state index in [1.54, 1.807) is 19.2 Å². The predicted octanol–water partition coefficient (Wildman–Crippen LogP) is 6.03. The molecule has 0 bridgehead atoms. The van der Waals surface area contributed by atoms with Crippen molar-refractivity contribution in [1.82, 2.24) is 4.57 Å². The average molecular weight is 460 g/mol. The topological polar surface area (TPSA) is 57.2 Å². The largest absolute Gasteiger partial charge is 0.497 e. The van der Waals surface area contributed by atoms with Crippen LogP contribution >= 0.6 is 0 Å². The van der Waals surface area contributed by atoms with Crippen LogP contribution in [-0.4, -0.2) is 17.6 Å². The number of carbonyl (C=O) groups excluding carboxylic acids is 1. The van der Waals surface area contributed by atoms with Gasteiger partial charge in [0, 0.05) is 22.9 Å². The number of nitrogens with two attached hydrogens (primary N) is 1. The molecule has 7 heteroatoms. The fourth-order valence-electron chi connectivity index (χ4n) is 4.36. The first-order valence-corrected chi connectivity index (χ1v) is 10.5. The predicted molar refractivity (Wildman–Crippen MR) is 125 cm³/mol. The quantitative estimate of drug-likeness (QED) is 0.326. The van der Waals surface area contributed by atoms with Gasteiger partial charge in [-0.3, -0.25) is 4.79 Å². The molecule has 5 aromatic rings. The number of amides is 1. The summed E-state index contributed by atoms with van der Waals surface area (Å²) < 4.78 is 48.4. The molecule has 1 amide bonds. The standard InChI is InChI=1S/C27H19F3N2O2/c1-34-18-8-5-16(6-9-18)17-7-10-19-24(13-17)32(14-15-11-21(28)26(30)22(29)12-15)23-4-2-3-20(25(19)23)27(31)33/h2-13H,14H2,1H3,(H2,31,33). The number of fused-ring (bicyclic) bond motifs is 3. The molecule has 0 radical (unpaired) electrons. The van der Waals surface area contributed by atoms with Gasteiger partial charge in [-0.2, -0.15) is 0 Å². The number of methoxy groups -OCH3 is 1. The SMILES string of the molecule is COc1ccc(-c2ccc3c4c(C(N)=O)cccc4n(Cc4cc(F)c(F)c(F)c4)c3c2)cc1. The summed E-state index contributed by atoms with van der Waals surface area (Å²) in [5, 5.41) is 1.42. The van der Waals surface area contributed by atoms with Crippen molar-refractivity contribution in [3.63, 3.8) is 0 Å². The van der Waals surface area contributed by atoms with Gasteiger partial charge in [0.25, 0.3) is 0 Å². The van der Waals surface area contributed by atoms with Crippen LogP contribution in [0.5, 0.6) is 5.75 Å². The number of hydrogen-bond acceptors (Lipinski definition) is 2. The van der Waals surface area contributed by atoms with Crippen molar-refractivity contribution in [2.45, 2.75) is 6.54 Å². The highest BCUT2D eigenvalue weighted by Crippen LogP contribution is 2.35. The number of nitrogens with zero attached hydrogens (tertiary/aromatic N) is 1. The van der Waals surface area contributed by atoms with Crippen molar-refractivity contribution in [1.29, 1.82) is 0 Å². The Labute approximate surface area is 193 Å². The lowest BCUT2D eigenvalue weighted by Gasteiger charge is -2.10. The Balaban J connectivity index is 1.76. The van der Waals surface area contributed by atoms with E-state index >= 15 is 0 Å². The van der Waals surface area contributed by atoms with Gasteiger partial charge < -0.3 is 15.0 Å². The van der Waals surface area contributed by atoms with Gasteiger partial charge in [-0.1, -0.05) is 30.3 Å². The normalized spacial score (nSPS) is 11.3. The number of benzene rings is 4. The maximum atomic E-state index is 13.9. The number of carbonyl (C=O) groups is 1. The molecule has 0 saturated heterocycles. The van der Waals surface area contributed by atoms with Crippen molar-refractivity contribution in [2.24, 2.45) is 5.73 Å². The molecule has 34 heavy (non-hydrogen) atoms. The van der Waals surface area contributed by atoms with Gasteiger partial charge in [0.1, 0.15) is 5.75 Å². The molecule has 170 valence electrons. The van der Waals surface area contributed by atoms with E-state index in [9.17, 15) is 18.0 Å². The Morgan fingerprint density at radius 1 is 0.882 bits per heavy atom. The van der Waals surface area contributed by atoms with Gasteiger partial charge in [0.2, 0.25) is 5.91 Å². The lowest BCUT2D eigenvalue weighted by Crippen LogP contribution is -2.11. The van der Waals surface area contributed by atoms with Crippen LogP contribution in [0.4, 0.5) is 13.2 Å². The first-order valence-electron chi connectivity index (χ1n) is 10.5. The first-order chi connectivity index (χ1) is 16.4. The molecule has 2 N–H and O–H groups in total. The lowest BCUT2D eigenvalue weighted by atomic mass is 10.0. The van der Waals surface area contributed by atoms with E-state index in [-0.39, 0.29) is 12.1 Å². The molecule has 0 atom stereocenters. The molecule has 0 fully saturated rings. The summed E-state index contributed by atoms with van der Waals surface area (Å²) in [5.74, 6) is -3.88. The molecule has 1 aromatic heterocycles. The minimum Gasteiger partial charge on any atom is -0.497 e. The summed E-state index contributed by atoms with van der Waals surface area (Å²) in [6.45, 7) is 0.0579. The smallest absolute Gasteiger partial charge is 0.249 e. The summed E-state index contributed by atoms with van der Waals surface area (Å²) in [5.41, 5.74) is 9.47. The highest BCUT2D eigenvalue weighted by molar-refractivity contribution is 6.18. The summed E-state index contributed by atoms with van der Waals surface area (Å²) in [6.07, 6.45) is 0. The van der Waals surface area contributed by atoms with Crippen LogP contribution in [0, 0.1) is 17.5 Å². The number of aromatic nitrogens is 1. The first kappa shape index (κ1) is 21.6. The highest BCUT2D eigenvalue weighted by atomic mass is 19.2. The zero-order chi connectivity index (χ0) is 24.0. The van der Waals surface area contributed by atoms with Gasteiger partial charge >= 0.3 is 0 Å². The second kappa shape index (κ2) is 8.26. The number of halogens is 3. The highest BCUT2D eigenvalue weighted by Gasteiger charge is 2.18. The molecular formula is C27H19F3N2O2. The van der Waals surface area contributed by atoms with Gasteiger partial charge in [-0.05, 0) is 59.2 Å². The summed E-state index contributed by atoms with van der Waals surface area (Å²) in [4.78, 5) is 12.2. The molecule has 1 heterocycles. The fourth-order valence-corrected chi connectivity index (χ4v) is 4.36. The third-order valence-electron chi connectivity index (χ3n) is 5.96. The second-order valence-electron chi connectivity index (χ2n) is 7.98. The summed E-state index contributed by atoms with van der Waals surface area (Å²) in [6, 6.07) is 20.4. The number of hydrogen-bond donors (Lipinski definition) is 1. The van der Waals surface area contributed by atoms with E-state index in [2.05, 4.69) is 0 Å². The molecule has 5 rings (SSSR count). The minimum absolute atomic E-state index is 0.0579. The van der Waals surface area contributed by atoms with Crippen LogP contribution in [0.15, 0.2) is 72.8 Å². The average Bonchev–Trinajstić information content (AvgIpc) is 3.15. The Bertz CT molecular complexity index is 1550. The summed E-state index contributed by atoms with van der Waals surface area (Å²) in [7, 11) is 1.59. The molecule has 0 aliphatic heterocycles. The number of primary amides is 1. The van der Waals surface area contributed by atoms with Crippen LogP contribution in [0.1, 0.15) is 15.9 Å². The zero-order valence-electron chi connectivity index (χ0n) is 18.1. The van der Waals surface area contributed by atoms with Crippen LogP contribution in [0.25, 0.3) is 32.9 Å². The Morgan fingerprint density at radius 2 is 1.56 bits per heavy atom. The Hall–Kier alpha value is -4.26. The third-order valence-corrected chi connectivity index (χ3v) is 5.96. The molecule has 0 saturated carbocycles. The lowest BCUT2D eigenvalue weighted by molar-refractivity contribution is 0.100.